The van der Waals surface area contributed by atoms with Crippen LogP contribution in [0.3, 0.4) is 0 Å². The van der Waals surface area contributed by atoms with Gasteiger partial charge in [-0.3, -0.25) is 0 Å². The van der Waals surface area contributed by atoms with Crippen LogP contribution in [0, 0.1) is 17.6 Å². The van der Waals surface area contributed by atoms with Crippen LogP contribution in [-0.2, 0) is 4.74 Å². The quantitative estimate of drug-likeness (QED) is 0.778. The second kappa shape index (κ2) is 6.93. The SMILES string of the molecule is OC(CNCCC1CCOC1)c1ccc(F)c(F)c1. The van der Waals surface area contributed by atoms with E-state index in [0.717, 1.165) is 44.7 Å². The fourth-order valence-electron chi connectivity index (χ4n) is 2.19. The van der Waals surface area contributed by atoms with E-state index in [1.807, 2.05) is 0 Å². The van der Waals surface area contributed by atoms with Gasteiger partial charge in [-0.2, -0.15) is 0 Å². The summed E-state index contributed by atoms with van der Waals surface area (Å²) in [5.74, 6) is -1.24. The monoisotopic (exact) mass is 271 g/mol. The normalized spacial score (nSPS) is 20.7. The largest absolute Gasteiger partial charge is 0.387 e. The van der Waals surface area contributed by atoms with Crippen molar-refractivity contribution in [2.45, 2.75) is 18.9 Å². The lowest BCUT2D eigenvalue weighted by atomic mass is 10.1. The summed E-state index contributed by atoms with van der Waals surface area (Å²) in [7, 11) is 0. The van der Waals surface area contributed by atoms with Gasteiger partial charge >= 0.3 is 0 Å². The first-order chi connectivity index (χ1) is 9.16. The molecule has 1 heterocycles. The molecule has 2 atom stereocenters. The second-order valence-corrected chi connectivity index (χ2v) is 4.91. The van der Waals surface area contributed by atoms with Crippen LogP contribution >= 0.6 is 0 Å². The number of aliphatic hydroxyl groups excluding tert-OH is 1. The van der Waals surface area contributed by atoms with Crippen molar-refractivity contribution in [2.75, 3.05) is 26.3 Å². The van der Waals surface area contributed by atoms with Crippen molar-refractivity contribution in [3.8, 4) is 0 Å². The number of ether oxygens (including phenoxy) is 1. The van der Waals surface area contributed by atoms with E-state index in [9.17, 15) is 13.9 Å². The van der Waals surface area contributed by atoms with Crippen LogP contribution in [0.25, 0.3) is 0 Å². The molecule has 1 fully saturated rings. The van der Waals surface area contributed by atoms with Gasteiger partial charge in [0, 0.05) is 19.8 Å². The van der Waals surface area contributed by atoms with E-state index < -0.39 is 17.7 Å². The Kier molecular flexibility index (Phi) is 5.24. The van der Waals surface area contributed by atoms with E-state index in [2.05, 4.69) is 5.32 Å². The molecule has 0 saturated carbocycles. The Morgan fingerprint density at radius 1 is 1.37 bits per heavy atom. The average Bonchev–Trinajstić information content (AvgIpc) is 2.91. The van der Waals surface area contributed by atoms with Crippen molar-refractivity contribution in [3.05, 3.63) is 35.4 Å². The van der Waals surface area contributed by atoms with Gasteiger partial charge in [0.05, 0.1) is 6.10 Å². The molecule has 3 nitrogen and oxygen atoms in total. The molecular weight excluding hydrogens is 252 g/mol. The molecule has 1 aromatic carbocycles. The van der Waals surface area contributed by atoms with Crippen molar-refractivity contribution in [1.82, 2.24) is 5.32 Å². The van der Waals surface area contributed by atoms with Crippen LogP contribution in [-0.4, -0.2) is 31.4 Å². The minimum Gasteiger partial charge on any atom is -0.387 e. The molecule has 1 aromatic rings. The first kappa shape index (κ1) is 14.4. The standard InChI is InChI=1S/C14H19F2NO2/c15-12-2-1-11(7-13(12)16)14(18)8-17-5-3-10-4-6-19-9-10/h1-2,7,10,14,17-18H,3-6,8-9H2. The fourth-order valence-corrected chi connectivity index (χ4v) is 2.19. The Hall–Kier alpha value is -1.04. The van der Waals surface area contributed by atoms with Gasteiger partial charge in [-0.15, -0.1) is 0 Å². The molecule has 2 rings (SSSR count). The van der Waals surface area contributed by atoms with Crippen LogP contribution in [0.2, 0.25) is 0 Å². The van der Waals surface area contributed by atoms with Gasteiger partial charge in [-0.05, 0) is 43.0 Å². The van der Waals surface area contributed by atoms with Crippen molar-refractivity contribution >= 4 is 0 Å². The summed E-state index contributed by atoms with van der Waals surface area (Å²) in [6.07, 6.45) is 1.27. The minimum absolute atomic E-state index is 0.332. The number of nitrogens with one attached hydrogen (secondary N) is 1. The van der Waals surface area contributed by atoms with E-state index in [1.165, 1.54) is 6.07 Å². The highest BCUT2D eigenvalue weighted by molar-refractivity contribution is 5.20. The molecule has 0 amide bonds. The number of benzene rings is 1. The summed E-state index contributed by atoms with van der Waals surface area (Å²) in [4.78, 5) is 0. The molecule has 0 bridgehead atoms. The number of halogens is 2. The topological polar surface area (TPSA) is 41.5 Å². The number of hydrogen-bond acceptors (Lipinski definition) is 3. The van der Waals surface area contributed by atoms with Crippen LogP contribution in [0.4, 0.5) is 8.78 Å². The highest BCUT2D eigenvalue weighted by Gasteiger charge is 2.15. The number of hydrogen-bond donors (Lipinski definition) is 2. The molecule has 0 radical (unpaired) electrons. The van der Waals surface area contributed by atoms with Crippen LogP contribution in [0.5, 0.6) is 0 Å². The summed E-state index contributed by atoms with van der Waals surface area (Å²) in [6.45, 7) is 2.77. The zero-order chi connectivity index (χ0) is 13.7. The molecule has 1 aliphatic heterocycles. The molecule has 5 heteroatoms. The van der Waals surface area contributed by atoms with Gasteiger partial charge in [0.25, 0.3) is 0 Å². The summed E-state index contributed by atoms with van der Waals surface area (Å²) in [6, 6.07) is 3.46. The van der Waals surface area contributed by atoms with Gasteiger partial charge in [-0.25, -0.2) is 8.78 Å². The Balaban J connectivity index is 1.71. The molecule has 1 aliphatic rings. The molecule has 2 unspecified atom stereocenters. The first-order valence-corrected chi connectivity index (χ1v) is 6.58. The molecule has 1 saturated heterocycles. The second-order valence-electron chi connectivity index (χ2n) is 4.91. The third kappa shape index (κ3) is 4.23. The maximum Gasteiger partial charge on any atom is 0.159 e. The third-order valence-electron chi connectivity index (χ3n) is 3.42. The third-order valence-corrected chi connectivity index (χ3v) is 3.42. The molecule has 106 valence electrons. The molecular formula is C14H19F2NO2. The van der Waals surface area contributed by atoms with Crippen LogP contribution in [0.1, 0.15) is 24.5 Å². The Morgan fingerprint density at radius 3 is 2.89 bits per heavy atom. The Bertz CT molecular complexity index is 408. The van der Waals surface area contributed by atoms with E-state index in [1.54, 1.807) is 0 Å². The van der Waals surface area contributed by atoms with Gasteiger partial charge in [0.1, 0.15) is 0 Å². The fraction of sp³-hybridized carbons (Fsp3) is 0.571. The zero-order valence-electron chi connectivity index (χ0n) is 10.7. The molecule has 0 aliphatic carbocycles. The van der Waals surface area contributed by atoms with E-state index in [-0.39, 0.29) is 0 Å². The predicted octanol–water partition coefficient (Wildman–Crippen LogP) is 2.01. The van der Waals surface area contributed by atoms with Crippen LogP contribution in [0.15, 0.2) is 18.2 Å². The summed E-state index contributed by atoms with van der Waals surface area (Å²) in [5.41, 5.74) is 0.385. The van der Waals surface area contributed by atoms with Gasteiger partial charge in [0.2, 0.25) is 0 Å². The maximum absolute atomic E-state index is 13.0. The number of rotatable bonds is 6. The van der Waals surface area contributed by atoms with E-state index in [4.69, 9.17) is 4.74 Å². The predicted molar refractivity (Wildman–Crippen MR) is 67.7 cm³/mol. The van der Waals surface area contributed by atoms with Crippen molar-refractivity contribution < 1.29 is 18.6 Å². The lowest BCUT2D eigenvalue weighted by Gasteiger charge is -2.13. The number of aliphatic hydroxyl groups is 1. The lowest BCUT2D eigenvalue weighted by molar-refractivity contribution is 0.170. The van der Waals surface area contributed by atoms with Crippen molar-refractivity contribution in [3.63, 3.8) is 0 Å². The molecule has 0 spiro atoms. The Labute approximate surface area is 111 Å². The Morgan fingerprint density at radius 2 is 2.21 bits per heavy atom. The highest BCUT2D eigenvalue weighted by atomic mass is 19.2. The van der Waals surface area contributed by atoms with Crippen molar-refractivity contribution in [2.24, 2.45) is 5.92 Å². The summed E-state index contributed by atoms with van der Waals surface area (Å²) in [5, 5.41) is 13.0. The van der Waals surface area contributed by atoms with Gasteiger partial charge < -0.3 is 15.2 Å². The minimum atomic E-state index is -0.931. The average molecular weight is 271 g/mol. The van der Waals surface area contributed by atoms with Gasteiger partial charge in [-0.1, -0.05) is 6.07 Å². The zero-order valence-corrected chi connectivity index (χ0v) is 10.7. The van der Waals surface area contributed by atoms with Gasteiger partial charge in [0.15, 0.2) is 11.6 Å². The maximum atomic E-state index is 13.0. The first-order valence-electron chi connectivity index (χ1n) is 6.58. The molecule has 0 aromatic heterocycles. The van der Waals surface area contributed by atoms with E-state index in [0.29, 0.717) is 18.0 Å². The summed E-state index contributed by atoms with van der Waals surface area (Å²) >= 11 is 0. The van der Waals surface area contributed by atoms with Crippen LogP contribution < -0.4 is 5.32 Å². The molecule has 19 heavy (non-hydrogen) atoms. The summed E-state index contributed by atoms with van der Waals surface area (Å²) < 4.78 is 31.0. The van der Waals surface area contributed by atoms with Crippen molar-refractivity contribution in [1.29, 1.82) is 0 Å². The smallest absolute Gasteiger partial charge is 0.159 e. The van der Waals surface area contributed by atoms with E-state index >= 15 is 0 Å². The highest BCUT2D eigenvalue weighted by Crippen LogP contribution is 2.17. The molecule has 2 N–H and O–H groups in total. The lowest BCUT2D eigenvalue weighted by Crippen LogP contribution is -2.24.